The zero-order valence-corrected chi connectivity index (χ0v) is 16.8. The summed E-state index contributed by atoms with van der Waals surface area (Å²) in [4.78, 5) is 12.3. The fraction of sp³-hybridized carbons (Fsp3) is 0.240. The van der Waals surface area contributed by atoms with Crippen LogP contribution in [0, 0.1) is 0 Å². The van der Waals surface area contributed by atoms with Crippen LogP contribution >= 0.6 is 0 Å². The Morgan fingerprint density at radius 2 is 1.79 bits per heavy atom. The molecule has 2 rings (SSSR count). The van der Waals surface area contributed by atoms with Gasteiger partial charge in [0, 0.05) is 6.07 Å². The second kappa shape index (κ2) is 10.9. The first kappa shape index (κ1) is 21.2. The topological polar surface area (TPSA) is 46.5 Å². The van der Waals surface area contributed by atoms with Crippen LogP contribution in [-0.2, 0) is 0 Å². The molecule has 0 unspecified atom stereocenters. The van der Waals surface area contributed by atoms with Gasteiger partial charge in [-0.15, -0.1) is 0 Å². The third-order valence-corrected chi connectivity index (χ3v) is 4.23. The number of ketones is 1. The third-order valence-electron chi connectivity index (χ3n) is 4.23. The summed E-state index contributed by atoms with van der Waals surface area (Å²) in [5.74, 6) is 0.210. The molecule has 0 heterocycles. The Morgan fingerprint density at radius 1 is 1.04 bits per heavy atom. The van der Waals surface area contributed by atoms with Gasteiger partial charge in [0.15, 0.2) is 5.78 Å². The van der Waals surface area contributed by atoms with Crippen molar-refractivity contribution in [2.24, 2.45) is 0 Å². The van der Waals surface area contributed by atoms with Crippen LogP contribution < -0.4 is 4.74 Å². The van der Waals surface area contributed by atoms with Crippen molar-refractivity contribution in [3.63, 3.8) is 0 Å². The van der Waals surface area contributed by atoms with Crippen molar-refractivity contribution >= 4 is 11.9 Å². The number of ether oxygens (including phenoxy) is 1. The summed E-state index contributed by atoms with van der Waals surface area (Å²) in [5.41, 5.74) is 3.78. The van der Waals surface area contributed by atoms with Crippen LogP contribution in [0.2, 0.25) is 0 Å². The molecule has 3 heteroatoms. The van der Waals surface area contributed by atoms with Gasteiger partial charge in [-0.1, -0.05) is 53.6 Å². The van der Waals surface area contributed by atoms with E-state index in [-0.39, 0.29) is 17.1 Å². The van der Waals surface area contributed by atoms with Crippen LogP contribution in [0.25, 0.3) is 6.08 Å². The van der Waals surface area contributed by atoms with Gasteiger partial charge in [-0.3, -0.25) is 4.79 Å². The SMILES string of the molecule is CC(C)=CCC/C(C)=C/COc1ccc(C(=O)/C=C/c2ccccc2)c(O)c1. The summed E-state index contributed by atoms with van der Waals surface area (Å²) in [6, 6.07) is 14.3. The van der Waals surface area contributed by atoms with Crippen LogP contribution in [-0.4, -0.2) is 17.5 Å². The van der Waals surface area contributed by atoms with Gasteiger partial charge in [0.2, 0.25) is 0 Å². The van der Waals surface area contributed by atoms with Crippen molar-refractivity contribution in [1.29, 1.82) is 0 Å². The lowest BCUT2D eigenvalue weighted by molar-refractivity contribution is 0.104. The number of carbonyl (C=O) groups is 1. The average Bonchev–Trinajstić information content (AvgIpc) is 2.67. The van der Waals surface area contributed by atoms with Crippen molar-refractivity contribution in [3.05, 3.63) is 89.0 Å². The number of aromatic hydroxyl groups is 1. The lowest BCUT2D eigenvalue weighted by Crippen LogP contribution is -1.98. The molecule has 0 amide bonds. The van der Waals surface area contributed by atoms with E-state index >= 15 is 0 Å². The van der Waals surface area contributed by atoms with Crippen molar-refractivity contribution in [2.45, 2.75) is 33.6 Å². The normalized spacial score (nSPS) is 11.5. The fourth-order valence-corrected chi connectivity index (χ4v) is 2.61. The molecule has 0 aliphatic carbocycles. The quantitative estimate of drug-likeness (QED) is 0.315. The number of benzene rings is 2. The van der Waals surface area contributed by atoms with E-state index in [9.17, 15) is 9.90 Å². The van der Waals surface area contributed by atoms with Gasteiger partial charge in [-0.2, -0.15) is 0 Å². The van der Waals surface area contributed by atoms with Crippen LogP contribution in [0.1, 0.15) is 49.5 Å². The summed E-state index contributed by atoms with van der Waals surface area (Å²) in [5, 5.41) is 10.2. The zero-order valence-electron chi connectivity index (χ0n) is 16.8. The highest BCUT2D eigenvalue weighted by molar-refractivity contribution is 6.08. The van der Waals surface area contributed by atoms with Crippen molar-refractivity contribution < 1.29 is 14.6 Å². The van der Waals surface area contributed by atoms with Gasteiger partial charge in [-0.05, 0) is 63.5 Å². The van der Waals surface area contributed by atoms with E-state index in [1.54, 1.807) is 18.2 Å². The highest BCUT2D eigenvalue weighted by Gasteiger charge is 2.09. The average molecular weight is 376 g/mol. The Morgan fingerprint density at radius 3 is 2.46 bits per heavy atom. The molecule has 2 aromatic carbocycles. The number of phenols is 1. The number of allylic oxidation sites excluding steroid dienone is 4. The standard InChI is InChI=1S/C25H28O3/c1-19(2)8-7-9-20(3)16-17-28-22-13-14-23(25(27)18-22)24(26)15-12-21-10-5-4-6-11-21/h4-6,8,10-16,18,27H,7,9,17H2,1-3H3/b15-12+,20-16+. The first-order valence-corrected chi connectivity index (χ1v) is 9.48. The molecular formula is C25H28O3. The lowest BCUT2D eigenvalue weighted by atomic mass is 10.1. The smallest absolute Gasteiger partial charge is 0.189 e. The molecule has 0 saturated heterocycles. The largest absolute Gasteiger partial charge is 0.507 e. The Balaban J connectivity index is 1.92. The Labute approximate surface area is 167 Å². The highest BCUT2D eigenvalue weighted by atomic mass is 16.5. The fourth-order valence-electron chi connectivity index (χ4n) is 2.61. The highest BCUT2D eigenvalue weighted by Crippen LogP contribution is 2.24. The molecule has 0 saturated carbocycles. The molecule has 2 aromatic rings. The Kier molecular flexibility index (Phi) is 8.29. The Bertz CT molecular complexity index is 870. The number of hydrogen-bond acceptors (Lipinski definition) is 3. The molecule has 0 aromatic heterocycles. The van der Waals surface area contributed by atoms with Gasteiger partial charge in [0.25, 0.3) is 0 Å². The van der Waals surface area contributed by atoms with E-state index < -0.39 is 0 Å². The van der Waals surface area contributed by atoms with Gasteiger partial charge in [0.05, 0.1) is 5.56 Å². The maximum Gasteiger partial charge on any atom is 0.189 e. The summed E-state index contributed by atoms with van der Waals surface area (Å²) >= 11 is 0. The lowest BCUT2D eigenvalue weighted by Gasteiger charge is -2.07. The van der Waals surface area contributed by atoms with Crippen molar-refractivity contribution in [2.75, 3.05) is 6.61 Å². The van der Waals surface area contributed by atoms with Crippen molar-refractivity contribution in [1.82, 2.24) is 0 Å². The van der Waals surface area contributed by atoms with Crippen LogP contribution in [0.3, 0.4) is 0 Å². The number of carbonyl (C=O) groups excluding carboxylic acids is 1. The maximum atomic E-state index is 12.3. The van der Waals surface area contributed by atoms with E-state index in [1.807, 2.05) is 36.4 Å². The summed E-state index contributed by atoms with van der Waals surface area (Å²) in [6.45, 7) is 6.71. The number of hydrogen-bond donors (Lipinski definition) is 1. The summed E-state index contributed by atoms with van der Waals surface area (Å²) in [7, 11) is 0. The van der Waals surface area contributed by atoms with E-state index in [2.05, 4.69) is 26.8 Å². The molecule has 1 N–H and O–H groups in total. The minimum absolute atomic E-state index is 0.0792. The molecule has 0 radical (unpaired) electrons. The molecule has 0 aliphatic rings. The van der Waals surface area contributed by atoms with E-state index in [4.69, 9.17) is 4.74 Å². The number of phenolic OH excluding ortho intramolecular Hbond substituents is 1. The van der Waals surface area contributed by atoms with E-state index in [0.29, 0.717) is 12.4 Å². The molecule has 0 aliphatic heterocycles. The van der Waals surface area contributed by atoms with Crippen LogP contribution in [0.15, 0.2) is 77.9 Å². The molecular weight excluding hydrogens is 348 g/mol. The van der Waals surface area contributed by atoms with Crippen molar-refractivity contribution in [3.8, 4) is 11.5 Å². The number of rotatable bonds is 9. The third kappa shape index (κ3) is 7.28. The predicted octanol–water partition coefficient (Wildman–Crippen LogP) is 6.36. The van der Waals surface area contributed by atoms with E-state index in [1.165, 1.54) is 23.3 Å². The summed E-state index contributed by atoms with van der Waals surface area (Å²) < 4.78 is 5.67. The van der Waals surface area contributed by atoms with Crippen LogP contribution in [0.5, 0.6) is 11.5 Å². The van der Waals surface area contributed by atoms with Gasteiger partial charge >= 0.3 is 0 Å². The first-order chi connectivity index (χ1) is 13.5. The van der Waals surface area contributed by atoms with Gasteiger partial charge in [0.1, 0.15) is 18.1 Å². The monoisotopic (exact) mass is 376 g/mol. The molecule has 0 spiro atoms. The molecule has 3 nitrogen and oxygen atoms in total. The maximum absolute atomic E-state index is 12.3. The second-order valence-electron chi connectivity index (χ2n) is 6.97. The first-order valence-electron chi connectivity index (χ1n) is 9.48. The van der Waals surface area contributed by atoms with Gasteiger partial charge < -0.3 is 9.84 Å². The molecule has 146 valence electrons. The van der Waals surface area contributed by atoms with E-state index in [0.717, 1.165) is 18.4 Å². The molecule has 0 bridgehead atoms. The minimum Gasteiger partial charge on any atom is -0.507 e. The predicted molar refractivity (Wildman–Crippen MR) is 116 cm³/mol. The molecule has 0 atom stereocenters. The Hall–Kier alpha value is -3.07. The zero-order chi connectivity index (χ0) is 20.4. The minimum atomic E-state index is -0.247. The van der Waals surface area contributed by atoms with Gasteiger partial charge in [-0.25, -0.2) is 0 Å². The molecule has 0 fully saturated rings. The summed E-state index contributed by atoms with van der Waals surface area (Å²) in [6.07, 6.45) is 9.48. The van der Waals surface area contributed by atoms with Crippen LogP contribution in [0.4, 0.5) is 0 Å². The molecule has 28 heavy (non-hydrogen) atoms. The second-order valence-corrected chi connectivity index (χ2v) is 6.97.